The van der Waals surface area contributed by atoms with Gasteiger partial charge >= 0.3 is 6.03 Å². The van der Waals surface area contributed by atoms with Gasteiger partial charge < -0.3 is 15.1 Å². The van der Waals surface area contributed by atoms with Crippen molar-refractivity contribution in [1.29, 1.82) is 0 Å². The molecule has 3 amide bonds. The summed E-state index contributed by atoms with van der Waals surface area (Å²) in [6.45, 7) is 6.67. The molecular formula is C22H31N3O2. The highest BCUT2D eigenvalue weighted by Gasteiger charge is 2.25. The van der Waals surface area contributed by atoms with E-state index in [1.807, 2.05) is 28.0 Å². The predicted octanol–water partition coefficient (Wildman–Crippen LogP) is 4.52. The lowest BCUT2D eigenvalue weighted by Gasteiger charge is -2.30. The molecule has 0 unspecified atom stereocenters. The zero-order chi connectivity index (χ0) is 19.2. The van der Waals surface area contributed by atoms with Crippen LogP contribution in [-0.2, 0) is 0 Å². The van der Waals surface area contributed by atoms with Crippen molar-refractivity contribution in [1.82, 2.24) is 9.80 Å². The van der Waals surface area contributed by atoms with E-state index in [0.29, 0.717) is 23.7 Å². The maximum atomic E-state index is 12.8. The lowest BCUT2D eigenvalue weighted by atomic mass is 9.98. The van der Waals surface area contributed by atoms with Crippen LogP contribution in [0.2, 0.25) is 0 Å². The summed E-state index contributed by atoms with van der Waals surface area (Å²) in [5.74, 6) is 0.746. The maximum absolute atomic E-state index is 12.8. The van der Waals surface area contributed by atoms with Crippen molar-refractivity contribution in [3.63, 3.8) is 0 Å². The third kappa shape index (κ3) is 4.90. The summed E-state index contributed by atoms with van der Waals surface area (Å²) >= 11 is 0. The number of rotatable bonds is 5. The van der Waals surface area contributed by atoms with E-state index in [1.54, 1.807) is 6.07 Å². The molecule has 0 radical (unpaired) electrons. The Labute approximate surface area is 162 Å². The third-order valence-corrected chi connectivity index (χ3v) is 5.61. The molecule has 0 aromatic heterocycles. The largest absolute Gasteiger partial charge is 0.339 e. The van der Waals surface area contributed by atoms with Gasteiger partial charge in [-0.15, -0.1) is 0 Å². The first-order chi connectivity index (χ1) is 13.1. The molecule has 3 rings (SSSR count). The van der Waals surface area contributed by atoms with Crippen molar-refractivity contribution in [2.75, 3.05) is 25.0 Å². The Hall–Kier alpha value is -2.30. The van der Waals surface area contributed by atoms with E-state index in [9.17, 15) is 9.59 Å². The molecule has 0 bridgehead atoms. The highest BCUT2D eigenvalue weighted by Crippen LogP contribution is 2.21. The molecule has 1 saturated heterocycles. The Morgan fingerprint density at radius 2 is 2.00 bits per heavy atom. The molecule has 1 aromatic rings. The molecule has 1 N–H and O–H groups in total. The first kappa shape index (κ1) is 19.5. The van der Waals surface area contributed by atoms with Crippen molar-refractivity contribution in [2.45, 2.75) is 52.0 Å². The van der Waals surface area contributed by atoms with Gasteiger partial charge in [-0.2, -0.15) is 0 Å². The van der Waals surface area contributed by atoms with E-state index in [4.69, 9.17) is 0 Å². The first-order valence-corrected chi connectivity index (χ1v) is 10.2. The smallest absolute Gasteiger partial charge is 0.322 e. The van der Waals surface area contributed by atoms with Gasteiger partial charge in [0.15, 0.2) is 0 Å². The molecule has 2 heterocycles. The average Bonchev–Trinajstić information content (AvgIpc) is 3.15. The van der Waals surface area contributed by atoms with Crippen LogP contribution in [0.5, 0.6) is 0 Å². The number of unbranched alkanes of at least 4 members (excludes halogenated alkanes) is 1. The molecule has 2 aliphatic rings. The van der Waals surface area contributed by atoms with Gasteiger partial charge in [0.05, 0.1) is 6.04 Å². The van der Waals surface area contributed by atoms with E-state index in [0.717, 1.165) is 45.2 Å². The summed E-state index contributed by atoms with van der Waals surface area (Å²) in [7, 11) is 0. The van der Waals surface area contributed by atoms with E-state index >= 15 is 0 Å². The third-order valence-electron chi connectivity index (χ3n) is 5.61. The van der Waals surface area contributed by atoms with E-state index in [2.05, 4.69) is 31.3 Å². The number of piperidine rings is 1. The van der Waals surface area contributed by atoms with Crippen LogP contribution < -0.4 is 5.32 Å². The Morgan fingerprint density at radius 1 is 1.22 bits per heavy atom. The van der Waals surface area contributed by atoms with Gasteiger partial charge in [0.1, 0.15) is 0 Å². The topological polar surface area (TPSA) is 52.7 Å². The second kappa shape index (κ2) is 9.07. The molecular weight excluding hydrogens is 338 g/mol. The maximum Gasteiger partial charge on any atom is 0.322 e. The number of anilines is 1. The van der Waals surface area contributed by atoms with Crippen LogP contribution in [0.3, 0.4) is 0 Å². The van der Waals surface area contributed by atoms with Gasteiger partial charge in [0.2, 0.25) is 0 Å². The quantitative estimate of drug-likeness (QED) is 0.776. The number of hydrogen-bond acceptors (Lipinski definition) is 2. The number of carbonyl (C=O) groups excluding carboxylic acids is 2. The van der Waals surface area contributed by atoms with E-state index in [-0.39, 0.29) is 18.0 Å². The average molecular weight is 370 g/mol. The molecule has 0 aliphatic carbocycles. The zero-order valence-electron chi connectivity index (χ0n) is 16.5. The van der Waals surface area contributed by atoms with Gasteiger partial charge in [-0.25, -0.2) is 4.79 Å². The number of nitrogens with one attached hydrogen (secondary N) is 1. The van der Waals surface area contributed by atoms with Crippen LogP contribution in [0, 0.1) is 5.92 Å². The van der Waals surface area contributed by atoms with Crippen molar-refractivity contribution < 1.29 is 9.59 Å². The molecule has 2 aliphatic heterocycles. The Balaban J connectivity index is 1.62. The molecule has 0 saturated carbocycles. The fraction of sp³-hybridized carbons (Fsp3) is 0.545. The number of hydrogen-bond donors (Lipinski definition) is 1. The molecule has 27 heavy (non-hydrogen) atoms. The van der Waals surface area contributed by atoms with Gasteiger partial charge in [0.25, 0.3) is 5.91 Å². The van der Waals surface area contributed by atoms with E-state index in [1.165, 1.54) is 0 Å². The molecule has 146 valence electrons. The number of amides is 3. The van der Waals surface area contributed by atoms with Crippen LogP contribution >= 0.6 is 0 Å². The minimum Gasteiger partial charge on any atom is -0.339 e. The normalized spacial score (nSPS) is 20.1. The Kier molecular flexibility index (Phi) is 6.54. The SMILES string of the molecule is CCCC[C@H]1C=CCN1C(=O)Nc1cccc(C(=O)N2CCC(C)CC2)c1. The molecule has 1 aromatic carbocycles. The number of nitrogens with zero attached hydrogens (tertiary/aromatic N) is 2. The molecule has 0 spiro atoms. The molecule has 1 fully saturated rings. The lowest BCUT2D eigenvalue weighted by molar-refractivity contribution is 0.0697. The first-order valence-electron chi connectivity index (χ1n) is 10.2. The van der Waals surface area contributed by atoms with Crippen LogP contribution in [-0.4, -0.2) is 47.4 Å². The van der Waals surface area contributed by atoms with Crippen LogP contribution in [0.15, 0.2) is 36.4 Å². The number of likely N-dealkylation sites (tertiary alicyclic amines) is 1. The highest BCUT2D eigenvalue weighted by atomic mass is 16.2. The summed E-state index contributed by atoms with van der Waals surface area (Å²) in [6.07, 6.45) is 9.51. The Bertz CT molecular complexity index is 693. The summed E-state index contributed by atoms with van der Waals surface area (Å²) in [5.41, 5.74) is 1.32. The molecule has 5 heteroatoms. The minimum absolute atomic E-state index is 0.0571. The van der Waals surface area contributed by atoms with Crippen molar-refractivity contribution in [2.24, 2.45) is 5.92 Å². The zero-order valence-corrected chi connectivity index (χ0v) is 16.5. The standard InChI is InChI=1S/C22H31N3O2/c1-3-4-9-20-10-6-13-25(20)22(27)23-19-8-5-7-18(16-19)21(26)24-14-11-17(2)12-15-24/h5-8,10,16-17,20H,3-4,9,11-15H2,1-2H3,(H,23,27)/t20-/m0/s1. The van der Waals surface area contributed by atoms with Crippen molar-refractivity contribution >= 4 is 17.6 Å². The molecule has 5 nitrogen and oxygen atoms in total. The fourth-order valence-electron chi connectivity index (χ4n) is 3.79. The van der Waals surface area contributed by atoms with Crippen LogP contribution in [0.1, 0.15) is 56.3 Å². The summed E-state index contributed by atoms with van der Waals surface area (Å²) in [4.78, 5) is 29.2. The monoisotopic (exact) mass is 369 g/mol. The van der Waals surface area contributed by atoms with Gasteiger partial charge in [-0.1, -0.05) is 44.9 Å². The minimum atomic E-state index is -0.0995. The summed E-state index contributed by atoms with van der Waals surface area (Å²) in [5, 5.41) is 2.97. The van der Waals surface area contributed by atoms with E-state index < -0.39 is 0 Å². The fourth-order valence-corrected chi connectivity index (χ4v) is 3.79. The van der Waals surface area contributed by atoms with Gasteiger partial charge in [0, 0.05) is 30.9 Å². The second-order valence-electron chi connectivity index (χ2n) is 7.78. The van der Waals surface area contributed by atoms with Crippen LogP contribution in [0.4, 0.5) is 10.5 Å². The van der Waals surface area contributed by atoms with Gasteiger partial charge in [-0.05, 0) is 43.4 Å². The van der Waals surface area contributed by atoms with Crippen molar-refractivity contribution in [3.05, 3.63) is 42.0 Å². The predicted molar refractivity (Wildman–Crippen MR) is 109 cm³/mol. The van der Waals surface area contributed by atoms with Crippen LogP contribution in [0.25, 0.3) is 0 Å². The number of urea groups is 1. The summed E-state index contributed by atoms with van der Waals surface area (Å²) < 4.78 is 0. The Morgan fingerprint density at radius 3 is 2.74 bits per heavy atom. The summed E-state index contributed by atoms with van der Waals surface area (Å²) in [6, 6.07) is 7.38. The molecule has 1 atom stereocenters. The number of benzene rings is 1. The highest BCUT2D eigenvalue weighted by molar-refractivity contribution is 5.97. The van der Waals surface area contributed by atoms with Gasteiger partial charge in [-0.3, -0.25) is 4.79 Å². The lowest BCUT2D eigenvalue weighted by Crippen LogP contribution is -2.39. The number of carbonyl (C=O) groups is 2. The van der Waals surface area contributed by atoms with Crippen molar-refractivity contribution in [3.8, 4) is 0 Å². The second-order valence-corrected chi connectivity index (χ2v) is 7.78.